The molecule has 4 rings (SSSR count). The molecule has 1 aromatic heterocycles. The molecule has 0 spiro atoms. The minimum atomic E-state index is -0.261. The lowest BCUT2D eigenvalue weighted by Crippen LogP contribution is -2.42. The number of aromatic nitrogens is 2. The van der Waals surface area contributed by atoms with E-state index in [0.29, 0.717) is 25.2 Å². The Morgan fingerprint density at radius 3 is 2.80 bits per heavy atom. The van der Waals surface area contributed by atoms with Crippen LogP contribution in [0.1, 0.15) is 11.7 Å². The van der Waals surface area contributed by atoms with Gasteiger partial charge in [-0.15, -0.1) is 0 Å². The lowest BCUT2D eigenvalue weighted by Gasteiger charge is -2.33. The van der Waals surface area contributed by atoms with Gasteiger partial charge in [0, 0.05) is 18.5 Å². The Bertz CT molecular complexity index is 939. The van der Waals surface area contributed by atoms with E-state index in [2.05, 4.69) is 10.00 Å². The van der Waals surface area contributed by atoms with Crippen molar-refractivity contribution in [1.29, 1.82) is 0 Å². The minimum absolute atomic E-state index is 0.0945. The van der Waals surface area contributed by atoms with Gasteiger partial charge in [-0.3, -0.25) is 9.69 Å². The Kier molecular flexibility index (Phi) is 4.29. The molecule has 1 saturated heterocycles. The summed E-state index contributed by atoms with van der Waals surface area (Å²) in [5, 5.41) is 5.79. The fourth-order valence-electron chi connectivity index (χ4n) is 3.13. The minimum Gasteiger partial charge on any atom is -0.371 e. The molecule has 25 heavy (non-hydrogen) atoms. The third kappa shape index (κ3) is 3.31. The van der Waals surface area contributed by atoms with Crippen LogP contribution in [0.4, 0.5) is 4.39 Å². The average Bonchev–Trinajstić information content (AvgIpc) is 2.65. The smallest absolute Gasteiger partial charge is 0.275 e. The van der Waals surface area contributed by atoms with Crippen molar-refractivity contribution < 1.29 is 9.13 Å². The van der Waals surface area contributed by atoms with E-state index in [-0.39, 0.29) is 17.5 Å². The Morgan fingerprint density at radius 2 is 1.96 bits per heavy atom. The van der Waals surface area contributed by atoms with E-state index in [1.807, 2.05) is 24.3 Å². The van der Waals surface area contributed by atoms with Crippen molar-refractivity contribution in [2.75, 3.05) is 19.7 Å². The number of ether oxygens (including phenoxy) is 1. The van der Waals surface area contributed by atoms with Crippen molar-refractivity contribution in [3.05, 3.63) is 76.5 Å². The van der Waals surface area contributed by atoms with E-state index in [4.69, 9.17) is 4.74 Å². The first kappa shape index (κ1) is 15.9. The SMILES string of the molecule is O=c1c2ccccc2cnn1CN1CCO[C@H](c2ccc(F)cc2)C1. The summed E-state index contributed by atoms with van der Waals surface area (Å²) >= 11 is 0. The van der Waals surface area contributed by atoms with Crippen LogP contribution >= 0.6 is 0 Å². The van der Waals surface area contributed by atoms with Gasteiger partial charge in [0.15, 0.2) is 0 Å². The predicted octanol–water partition coefficient (Wildman–Crippen LogP) is 2.57. The summed E-state index contributed by atoms with van der Waals surface area (Å²) in [5.74, 6) is -0.261. The lowest BCUT2D eigenvalue weighted by atomic mass is 10.1. The van der Waals surface area contributed by atoms with Gasteiger partial charge in [-0.2, -0.15) is 5.10 Å². The van der Waals surface area contributed by atoms with Gasteiger partial charge < -0.3 is 4.74 Å². The maximum Gasteiger partial charge on any atom is 0.275 e. The second-order valence-corrected chi connectivity index (χ2v) is 6.17. The van der Waals surface area contributed by atoms with Gasteiger partial charge in [0.2, 0.25) is 0 Å². The molecule has 0 amide bonds. The quantitative estimate of drug-likeness (QED) is 0.736. The van der Waals surface area contributed by atoms with Gasteiger partial charge in [-0.25, -0.2) is 9.07 Å². The maximum atomic E-state index is 13.1. The number of nitrogens with zero attached hydrogens (tertiary/aromatic N) is 3. The summed E-state index contributed by atoms with van der Waals surface area (Å²) in [6.07, 6.45) is 1.58. The number of halogens is 1. The summed E-state index contributed by atoms with van der Waals surface area (Å²) in [4.78, 5) is 14.7. The standard InChI is InChI=1S/C19H18FN3O2/c20-16-7-5-14(6-8-16)18-12-22(9-10-25-18)13-23-19(24)17-4-2-1-3-15(17)11-21-23/h1-8,11,18H,9-10,12-13H2/t18-/m0/s1. The van der Waals surface area contributed by atoms with Gasteiger partial charge in [-0.1, -0.05) is 30.3 Å². The number of fused-ring (bicyclic) bond motifs is 1. The van der Waals surface area contributed by atoms with Gasteiger partial charge >= 0.3 is 0 Å². The summed E-state index contributed by atoms with van der Waals surface area (Å²) in [7, 11) is 0. The third-order valence-electron chi connectivity index (χ3n) is 4.49. The molecule has 2 heterocycles. The maximum absolute atomic E-state index is 13.1. The topological polar surface area (TPSA) is 47.4 Å². The van der Waals surface area contributed by atoms with Crippen LogP contribution in [0.25, 0.3) is 10.8 Å². The molecule has 2 aromatic carbocycles. The fourth-order valence-corrected chi connectivity index (χ4v) is 3.13. The third-order valence-corrected chi connectivity index (χ3v) is 4.49. The fraction of sp³-hybridized carbons (Fsp3) is 0.263. The molecule has 0 bridgehead atoms. The summed E-state index contributed by atoms with van der Waals surface area (Å²) in [6, 6.07) is 13.8. The number of hydrogen-bond acceptors (Lipinski definition) is 4. The number of hydrogen-bond donors (Lipinski definition) is 0. The first-order valence-electron chi connectivity index (χ1n) is 8.25. The molecule has 1 aliphatic rings. The highest BCUT2D eigenvalue weighted by Crippen LogP contribution is 2.22. The highest BCUT2D eigenvalue weighted by atomic mass is 19.1. The molecule has 0 radical (unpaired) electrons. The van der Waals surface area contributed by atoms with E-state index in [0.717, 1.165) is 17.5 Å². The second kappa shape index (κ2) is 6.74. The Balaban J connectivity index is 1.53. The van der Waals surface area contributed by atoms with Gasteiger partial charge in [-0.05, 0) is 23.8 Å². The number of benzene rings is 2. The molecule has 0 unspecified atom stereocenters. The molecular formula is C19H18FN3O2. The Hall–Kier alpha value is -2.57. The molecular weight excluding hydrogens is 321 g/mol. The Morgan fingerprint density at radius 1 is 1.16 bits per heavy atom. The molecule has 1 atom stereocenters. The highest BCUT2D eigenvalue weighted by molar-refractivity contribution is 5.80. The van der Waals surface area contributed by atoms with Crippen LogP contribution in [0.15, 0.2) is 59.5 Å². The summed E-state index contributed by atoms with van der Waals surface area (Å²) in [5.41, 5.74) is 0.841. The molecule has 128 valence electrons. The second-order valence-electron chi connectivity index (χ2n) is 6.17. The monoisotopic (exact) mass is 339 g/mol. The van der Waals surface area contributed by atoms with Crippen molar-refractivity contribution in [3.63, 3.8) is 0 Å². The van der Waals surface area contributed by atoms with E-state index in [1.165, 1.54) is 16.8 Å². The van der Waals surface area contributed by atoms with Crippen molar-refractivity contribution in [2.24, 2.45) is 0 Å². The Labute approximate surface area is 144 Å². The van der Waals surface area contributed by atoms with Crippen molar-refractivity contribution in [1.82, 2.24) is 14.7 Å². The van der Waals surface area contributed by atoms with E-state index in [9.17, 15) is 9.18 Å². The van der Waals surface area contributed by atoms with Gasteiger partial charge in [0.05, 0.1) is 31.0 Å². The normalized spacial score (nSPS) is 18.5. The molecule has 6 heteroatoms. The zero-order valence-corrected chi connectivity index (χ0v) is 13.6. The lowest BCUT2D eigenvalue weighted by molar-refractivity contribution is -0.0421. The van der Waals surface area contributed by atoms with Crippen LogP contribution in [0, 0.1) is 5.82 Å². The molecule has 0 aliphatic carbocycles. The van der Waals surface area contributed by atoms with E-state index < -0.39 is 0 Å². The van der Waals surface area contributed by atoms with Crippen LogP contribution in [0.2, 0.25) is 0 Å². The van der Waals surface area contributed by atoms with Gasteiger partial charge in [0.25, 0.3) is 5.56 Å². The summed E-state index contributed by atoms with van der Waals surface area (Å²) in [6.45, 7) is 2.32. The first-order chi connectivity index (χ1) is 12.2. The highest BCUT2D eigenvalue weighted by Gasteiger charge is 2.22. The predicted molar refractivity (Wildman–Crippen MR) is 92.7 cm³/mol. The van der Waals surface area contributed by atoms with Crippen LogP contribution < -0.4 is 5.56 Å². The van der Waals surface area contributed by atoms with Crippen LogP contribution in [0.3, 0.4) is 0 Å². The van der Waals surface area contributed by atoms with Crippen LogP contribution in [-0.4, -0.2) is 34.4 Å². The van der Waals surface area contributed by atoms with Crippen molar-refractivity contribution >= 4 is 10.8 Å². The zero-order chi connectivity index (χ0) is 17.2. The molecule has 5 nitrogen and oxygen atoms in total. The first-order valence-corrected chi connectivity index (χ1v) is 8.25. The average molecular weight is 339 g/mol. The summed E-state index contributed by atoms with van der Waals surface area (Å²) < 4.78 is 20.4. The van der Waals surface area contributed by atoms with Crippen molar-refractivity contribution in [3.8, 4) is 0 Å². The molecule has 1 aliphatic heterocycles. The van der Waals surface area contributed by atoms with Gasteiger partial charge in [0.1, 0.15) is 5.82 Å². The van der Waals surface area contributed by atoms with E-state index in [1.54, 1.807) is 18.3 Å². The van der Waals surface area contributed by atoms with E-state index >= 15 is 0 Å². The van der Waals surface area contributed by atoms with Crippen molar-refractivity contribution in [2.45, 2.75) is 12.8 Å². The molecule has 3 aromatic rings. The molecule has 0 N–H and O–H groups in total. The molecule has 0 saturated carbocycles. The van der Waals surface area contributed by atoms with Crippen LogP contribution in [0.5, 0.6) is 0 Å². The largest absolute Gasteiger partial charge is 0.371 e. The molecule has 1 fully saturated rings. The van der Waals surface area contributed by atoms with Crippen LogP contribution in [-0.2, 0) is 11.4 Å². The number of rotatable bonds is 3. The zero-order valence-electron chi connectivity index (χ0n) is 13.6. The number of morpholine rings is 1.